The molecule has 1 aromatic heterocycles. The van der Waals surface area contributed by atoms with Crippen molar-refractivity contribution in [2.24, 2.45) is 7.05 Å². The van der Waals surface area contributed by atoms with Crippen molar-refractivity contribution in [2.75, 3.05) is 13.1 Å². The highest BCUT2D eigenvalue weighted by Crippen LogP contribution is 2.15. The maximum Gasteiger partial charge on any atom is 0.289 e. The molecule has 80 valence electrons. The van der Waals surface area contributed by atoms with Crippen LogP contribution < -0.4 is 0 Å². The van der Waals surface area contributed by atoms with Gasteiger partial charge >= 0.3 is 0 Å². The van der Waals surface area contributed by atoms with Gasteiger partial charge in [-0.25, -0.2) is 4.98 Å². The molecule has 2 heterocycles. The molecule has 1 aliphatic rings. The second-order valence-corrected chi connectivity index (χ2v) is 3.90. The fraction of sp³-hybridized carbons (Fsp3) is 0.455. The van der Waals surface area contributed by atoms with Crippen molar-refractivity contribution in [1.82, 2.24) is 14.5 Å². The summed E-state index contributed by atoms with van der Waals surface area (Å²) in [6.07, 6.45) is 5.26. The summed E-state index contributed by atoms with van der Waals surface area (Å²) in [6, 6.07) is 0. The number of hydrogen-bond acceptors (Lipinski definition) is 2. The predicted molar refractivity (Wildman–Crippen MR) is 57.5 cm³/mol. The van der Waals surface area contributed by atoms with Crippen LogP contribution in [0.5, 0.6) is 0 Å². The van der Waals surface area contributed by atoms with Gasteiger partial charge in [-0.1, -0.05) is 12.2 Å². The van der Waals surface area contributed by atoms with E-state index < -0.39 is 0 Å². The van der Waals surface area contributed by atoms with Crippen molar-refractivity contribution in [3.05, 3.63) is 30.4 Å². The summed E-state index contributed by atoms with van der Waals surface area (Å²) in [5.74, 6) is 0.539. The van der Waals surface area contributed by atoms with E-state index in [-0.39, 0.29) is 5.91 Å². The second-order valence-electron chi connectivity index (χ2n) is 3.90. The quantitative estimate of drug-likeness (QED) is 0.646. The molecule has 0 saturated carbocycles. The number of carbonyl (C=O) groups is 1. The first-order valence-electron chi connectivity index (χ1n) is 5.12. The first kappa shape index (κ1) is 9.96. The lowest BCUT2D eigenvalue weighted by Gasteiger charge is -2.27. The molecular formula is C11H15N3O. The van der Waals surface area contributed by atoms with Gasteiger partial charge in [-0.05, 0) is 12.8 Å². The molecular weight excluding hydrogens is 190 g/mol. The van der Waals surface area contributed by atoms with Crippen molar-refractivity contribution in [1.29, 1.82) is 0 Å². The largest absolute Gasteiger partial charge is 0.335 e. The number of aromatic nitrogens is 2. The Morgan fingerprint density at radius 1 is 1.47 bits per heavy atom. The average molecular weight is 205 g/mol. The van der Waals surface area contributed by atoms with Crippen LogP contribution in [-0.2, 0) is 7.05 Å². The van der Waals surface area contributed by atoms with E-state index in [2.05, 4.69) is 11.6 Å². The molecule has 1 amide bonds. The Labute approximate surface area is 89.2 Å². The SMILES string of the molecule is C=C1CCN(C(=O)c2nccn2C)CC1. The van der Waals surface area contributed by atoms with E-state index in [0.717, 1.165) is 25.9 Å². The highest BCUT2D eigenvalue weighted by molar-refractivity contribution is 5.90. The van der Waals surface area contributed by atoms with Crippen LogP contribution in [-0.4, -0.2) is 33.4 Å². The zero-order valence-corrected chi connectivity index (χ0v) is 8.94. The van der Waals surface area contributed by atoms with E-state index in [4.69, 9.17) is 0 Å². The van der Waals surface area contributed by atoms with E-state index in [1.807, 2.05) is 11.9 Å². The molecule has 4 heteroatoms. The summed E-state index contributed by atoms with van der Waals surface area (Å²) in [7, 11) is 1.84. The van der Waals surface area contributed by atoms with Gasteiger partial charge in [-0.3, -0.25) is 4.79 Å². The van der Waals surface area contributed by atoms with Gasteiger partial charge in [0, 0.05) is 32.5 Å². The van der Waals surface area contributed by atoms with Gasteiger partial charge in [0.2, 0.25) is 0 Å². The zero-order valence-electron chi connectivity index (χ0n) is 8.94. The topological polar surface area (TPSA) is 38.1 Å². The highest BCUT2D eigenvalue weighted by Gasteiger charge is 2.21. The van der Waals surface area contributed by atoms with Crippen molar-refractivity contribution in [2.45, 2.75) is 12.8 Å². The van der Waals surface area contributed by atoms with Crippen LogP contribution in [0, 0.1) is 0 Å². The first-order valence-corrected chi connectivity index (χ1v) is 5.12. The third kappa shape index (κ3) is 1.93. The number of rotatable bonds is 1. The molecule has 0 atom stereocenters. The normalized spacial score (nSPS) is 16.9. The summed E-state index contributed by atoms with van der Waals surface area (Å²) in [6.45, 7) is 5.47. The van der Waals surface area contributed by atoms with Gasteiger partial charge in [-0.2, -0.15) is 0 Å². The van der Waals surface area contributed by atoms with Crippen LogP contribution in [0.1, 0.15) is 23.5 Å². The lowest BCUT2D eigenvalue weighted by Crippen LogP contribution is -2.37. The molecule has 1 aliphatic heterocycles. The average Bonchev–Trinajstić information content (AvgIpc) is 2.65. The van der Waals surface area contributed by atoms with Gasteiger partial charge in [0.1, 0.15) is 0 Å². The highest BCUT2D eigenvalue weighted by atomic mass is 16.2. The van der Waals surface area contributed by atoms with Crippen LogP contribution in [0.25, 0.3) is 0 Å². The van der Waals surface area contributed by atoms with Gasteiger partial charge in [0.15, 0.2) is 5.82 Å². The van der Waals surface area contributed by atoms with Gasteiger partial charge in [-0.15, -0.1) is 0 Å². The minimum absolute atomic E-state index is 0.0231. The number of hydrogen-bond donors (Lipinski definition) is 0. The minimum atomic E-state index is 0.0231. The number of piperidine rings is 1. The molecule has 1 aromatic rings. The molecule has 15 heavy (non-hydrogen) atoms. The molecule has 1 saturated heterocycles. The summed E-state index contributed by atoms with van der Waals surface area (Å²) in [5, 5.41) is 0. The molecule has 0 radical (unpaired) electrons. The van der Waals surface area contributed by atoms with Gasteiger partial charge < -0.3 is 9.47 Å². The number of likely N-dealkylation sites (tertiary alicyclic amines) is 1. The number of amides is 1. The van der Waals surface area contributed by atoms with E-state index in [1.165, 1.54) is 5.57 Å². The van der Waals surface area contributed by atoms with Crippen LogP contribution in [0.4, 0.5) is 0 Å². The molecule has 0 bridgehead atoms. The maximum absolute atomic E-state index is 12.0. The zero-order chi connectivity index (χ0) is 10.8. The molecule has 0 spiro atoms. The molecule has 0 unspecified atom stereocenters. The summed E-state index contributed by atoms with van der Waals surface area (Å²) in [5.41, 5.74) is 1.24. The predicted octanol–water partition coefficient (Wildman–Crippen LogP) is 1.21. The second kappa shape index (κ2) is 3.88. The van der Waals surface area contributed by atoms with Crippen molar-refractivity contribution < 1.29 is 4.79 Å². The number of aryl methyl sites for hydroxylation is 1. The fourth-order valence-corrected chi connectivity index (χ4v) is 1.74. The first-order chi connectivity index (χ1) is 7.18. The number of imidazole rings is 1. The molecule has 0 aromatic carbocycles. The van der Waals surface area contributed by atoms with E-state index >= 15 is 0 Å². The Balaban J connectivity index is 2.09. The van der Waals surface area contributed by atoms with E-state index in [0.29, 0.717) is 5.82 Å². The standard InChI is InChI=1S/C11H15N3O/c1-9-3-6-14(7-4-9)11(15)10-12-5-8-13(10)2/h5,8H,1,3-4,6-7H2,2H3. The minimum Gasteiger partial charge on any atom is -0.335 e. The number of nitrogens with zero attached hydrogens (tertiary/aromatic N) is 3. The van der Waals surface area contributed by atoms with Crippen molar-refractivity contribution >= 4 is 5.91 Å². The van der Waals surface area contributed by atoms with Gasteiger partial charge in [0.25, 0.3) is 5.91 Å². The smallest absolute Gasteiger partial charge is 0.289 e. The Bertz CT molecular complexity index is 384. The lowest BCUT2D eigenvalue weighted by atomic mass is 10.1. The number of carbonyl (C=O) groups excluding carboxylic acids is 1. The Hall–Kier alpha value is -1.58. The molecule has 0 N–H and O–H groups in total. The Morgan fingerprint density at radius 2 is 2.13 bits per heavy atom. The molecule has 4 nitrogen and oxygen atoms in total. The van der Waals surface area contributed by atoms with Crippen molar-refractivity contribution in [3.63, 3.8) is 0 Å². The third-order valence-corrected chi connectivity index (χ3v) is 2.77. The molecule has 0 aliphatic carbocycles. The Kier molecular flexibility index (Phi) is 2.58. The Morgan fingerprint density at radius 3 is 2.67 bits per heavy atom. The summed E-state index contributed by atoms with van der Waals surface area (Å²) in [4.78, 5) is 17.9. The monoisotopic (exact) mass is 205 g/mol. The fourth-order valence-electron chi connectivity index (χ4n) is 1.74. The van der Waals surface area contributed by atoms with Gasteiger partial charge in [0.05, 0.1) is 0 Å². The molecule has 1 fully saturated rings. The van der Waals surface area contributed by atoms with Crippen LogP contribution in [0.2, 0.25) is 0 Å². The van der Waals surface area contributed by atoms with Crippen molar-refractivity contribution in [3.8, 4) is 0 Å². The van der Waals surface area contributed by atoms with Crippen LogP contribution in [0.15, 0.2) is 24.5 Å². The lowest BCUT2D eigenvalue weighted by molar-refractivity contribution is 0.0728. The van der Waals surface area contributed by atoms with E-state index in [1.54, 1.807) is 17.0 Å². The summed E-state index contributed by atoms with van der Waals surface area (Å²) < 4.78 is 1.76. The maximum atomic E-state index is 12.0. The molecule has 2 rings (SSSR count). The van der Waals surface area contributed by atoms with E-state index in [9.17, 15) is 4.79 Å². The summed E-state index contributed by atoms with van der Waals surface area (Å²) >= 11 is 0. The third-order valence-electron chi connectivity index (χ3n) is 2.77. The van der Waals surface area contributed by atoms with Crippen LogP contribution in [0.3, 0.4) is 0 Å². The van der Waals surface area contributed by atoms with Crippen LogP contribution >= 0.6 is 0 Å².